The van der Waals surface area contributed by atoms with Crippen LogP contribution in [-0.2, 0) is 14.3 Å². The number of esters is 1. The lowest BCUT2D eigenvalue weighted by Gasteiger charge is -2.16. The molecule has 1 aliphatic heterocycles. The molecule has 2 atom stereocenters. The topological polar surface area (TPSA) is 73.9 Å². The molecule has 1 saturated heterocycles. The monoisotopic (exact) mass is 405 g/mol. The Kier molecular flexibility index (Phi) is 6.77. The van der Waals surface area contributed by atoms with Crippen LogP contribution in [0.3, 0.4) is 0 Å². The van der Waals surface area contributed by atoms with Crippen LogP contribution in [0.25, 0.3) is 0 Å². The molecule has 8 heteroatoms. The average Bonchev–Trinajstić information content (AvgIpc) is 3.23. The molecule has 0 aliphatic carbocycles. The van der Waals surface area contributed by atoms with Crippen molar-refractivity contribution in [2.45, 2.75) is 32.0 Å². The zero-order chi connectivity index (χ0) is 20.8. The summed E-state index contributed by atoms with van der Waals surface area (Å²) in [6, 6.07) is 9.16. The number of rotatable bonds is 7. The van der Waals surface area contributed by atoms with Crippen molar-refractivity contribution in [1.29, 1.82) is 0 Å². The van der Waals surface area contributed by atoms with Gasteiger partial charge in [-0.3, -0.25) is 4.79 Å². The molecule has 0 unspecified atom stereocenters. The normalized spacial score (nSPS) is 16.9. The Morgan fingerprint density at radius 2 is 2.03 bits per heavy atom. The molecular weight excluding hydrogens is 384 g/mol. The van der Waals surface area contributed by atoms with Crippen LogP contribution in [-0.4, -0.2) is 37.3 Å². The molecule has 0 aromatic heterocycles. The van der Waals surface area contributed by atoms with Gasteiger partial charge in [-0.15, -0.1) is 0 Å². The van der Waals surface area contributed by atoms with Gasteiger partial charge in [0.1, 0.15) is 29.6 Å². The van der Waals surface area contributed by atoms with Crippen molar-refractivity contribution in [3.05, 3.63) is 59.7 Å². The number of halogens is 2. The molecule has 0 saturated carbocycles. The van der Waals surface area contributed by atoms with Crippen LogP contribution >= 0.6 is 0 Å². The number of carbonyl (C=O) groups excluding carboxylic acids is 2. The van der Waals surface area contributed by atoms with Crippen molar-refractivity contribution in [2.24, 2.45) is 0 Å². The van der Waals surface area contributed by atoms with Gasteiger partial charge < -0.3 is 19.5 Å². The maximum atomic E-state index is 13.7. The van der Waals surface area contributed by atoms with Crippen LogP contribution in [0.15, 0.2) is 42.5 Å². The molecule has 1 heterocycles. The largest absolute Gasteiger partial charge is 0.490 e. The number of hydrogen-bond donors (Lipinski definition) is 1. The third-order valence-electron chi connectivity index (χ3n) is 4.40. The minimum atomic E-state index is -1.24. The Morgan fingerprint density at radius 3 is 2.79 bits per heavy atom. The zero-order valence-corrected chi connectivity index (χ0v) is 15.8. The van der Waals surface area contributed by atoms with Crippen molar-refractivity contribution < 1.29 is 32.6 Å². The molecule has 154 valence electrons. The Morgan fingerprint density at radius 1 is 1.24 bits per heavy atom. The van der Waals surface area contributed by atoms with Crippen molar-refractivity contribution in [3.8, 4) is 5.75 Å². The lowest BCUT2D eigenvalue weighted by Crippen LogP contribution is -2.30. The molecule has 2 aromatic rings. The highest BCUT2D eigenvalue weighted by molar-refractivity contribution is 5.98. The maximum absolute atomic E-state index is 13.7. The van der Waals surface area contributed by atoms with Crippen LogP contribution in [0.2, 0.25) is 0 Å². The summed E-state index contributed by atoms with van der Waals surface area (Å²) < 4.78 is 43.3. The van der Waals surface area contributed by atoms with Gasteiger partial charge in [-0.2, -0.15) is 0 Å². The second-order valence-electron chi connectivity index (χ2n) is 6.60. The van der Waals surface area contributed by atoms with Gasteiger partial charge in [0.2, 0.25) is 0 Å². The summed E-state index contributed by atoms with van der Waals surface area (Å²) in [7, 11) is 0. The summed E-state index contributed by atoms with van der Waals surface area (Å²) in [5.41, 5.74) is -0.180. The SMILES string of the molecule is C[C@@H](OC(=O)c1ccccc1OC[C@@H]1CCCO1)C(=O)Nc1cc(F)ccc1F. The van der Waals surface area contributed by atoms with Crippen LogP contribution < -0.4 is 10.1 Å². The third-order valence-corrected chi connectivity index (χ3v) is 4.40. The minimum Gasteiger partial charge on any atom is -0.490 e. The number of hydrogen-bond acceptors (Lipinski definition) is 5. The molecule has 29 heavy (non-hydrogen) atoms. The van der Waals surface area contributed by atoms with E-state index in [2.05, 4.69) is 5.32 Å². The molecule has 3 rings (SSSR count). The van der Waals surface area contributed by atoms with E-state index in [9.17, 15) is 18.4 Å². The Hall–Kier alpha value is -3.00. The van der Waals surface area contributed by atoms with E-state index in [4.69, 9.17) is 14.2 Å². The summed E-state index contributed by atoms with van der Waals surface area (Å²) in [5.74, 6) is -2.75. The highest BCUT2D eigenvalue weighted by Gasteiger charge is 2.23. The third kappa shape index (κ3) is 5.51. The quantitative estimate of drug-likeness (QED) is 0.711. The predicted octanol–water partition coefficient (Wildman–Crippen LogP) is 3.71. The van der Waals surface area contributed by atoms with Gasteiger partial charge in [0, 0.05) is 12.7 Å². The molecule has 1 N–H and O–H groups in total. The lowest BCUT2D eigenvalue weighted by atomic mass is 10.2. The highest BCUT2D eigenvalue weighted by Crippen LogP contribution is 2.22. The number of carbonyl (C=O) groups is 2. The second kappa shape index (κ2) is 9.47. The van der Waals surface area contributed by atoms with E-state index in [1.165, 1.54) is 13.0 Å². The summed E-state index contributed by atoms with van der Waals surface area (Å²) >= 11 is 0. The van der Waals surface area contributed by atoms with Crippen molar-refractivity contribution in [1.82, 2.24) is 0 Å². The van der Waals surface area contributed by atoms with Gasteiger partial charge in [-0.1, -0.05) is 12.1 Å². The van der Waals surface area contributed by atoms with E-state index in [0.29, 0.717) is 19.0 Å². The molecular formula is C21H21F2NO5. The van der Waals surface area contributed by atoms with Crippen LogP contribution in [0.4, 0.5) is 14.5 Å². The van der Waals surface area contributed by atoms with Gasteiger partial charge in [-0.25, -0.2) is 13.6 Å². The van der Waals surface area contributed by atoms with Crippen molar-refractivity contribution >= 4 is 17.6 Å². The first-order chi connectivity index (χ1) is 13.9. The first-order valence-electron chi connectivity index (χ1n) is 9.24. The van der Waals surface area contributed by atoms with Crippen molar-refractivity contribution in [3.63, 3.8) is 0 Å². The van der Waals surface area contributed by atoms with E-state index in [1.54, 1.807) is 18.2 Å². The molecule has 0 bridgehead atoms. The van der Waals surface area contributed by atoms with Gasteiger partial charge in [0.25, 0.3) is 5.91 Å². The van der Waals surface area contributed by atoms with Gasteiger partial charge in [0.15, 0.2) is 6.10 Å². The van der Waals surface area contributed by atoms with Crippen LogP contribution in [0.5, 0.6) is 5.75 Å². The fraction of sp³-hybridized carbons (Fsp3) is 0.333. The fourth-order valence-corrected chi connectivity index (χ4v) is 2.82. The Bertz CT molecular complexity index is 883. The molecule has 0 spiro atoms. The molecule has 0 radical (unpaired) electrons. The lowest BCUT2D eigenvalue weighted by molar-refractivity contribution is -0.123. The second-order valence-corrected chi connectivity index (χ2v) is 6.60. The van der Waals surface area contributed by atoms with E-state index in [0.717, 1.165) is 31.0 Å². The number of amides is 1. The maximum Gasteiger partial charge on any atom is 0.342 e. The summed E-state index contributed by atoms with van der Waals surface area (Å²) in [6.45, 7) is 2.33. The standard InChI is InChI=1S/C21H21F2NO5/c1-13(20(25)24-18-11-14(22)8-9-17(18)23)29-21(26)16-6-2-3-7-19(16)28-12-15-5-4-10-27-15/h2-3,6-9,11,13,15H,4-5,10,12H2,1H3,(H,24,25)/t13-,15+/m1/s1. The molecule has 1 amide bonds. The van der Waals surface area contributed by atoms with E-state index in [1.807, 2.05) is 0 Å². The van der Waals surface area contributed by atoms with Gasteiger partial charge in [0.05, 0.1) is 11.8 Å². The Balaban J connectivity index is 1.61. The van der Waals surface area contributed by atoms with Crippen molar-refractivity contribution in [2.75, 3.05) is 18.5 Å². The van der Waals surface area contributed by atoms with Gasteiger partial charge in [-0.05, 0) is 44.0 Å². The fourth-order valence-electron chi connectivity index (χ4n) is 2.82. The van der Waals surface area contributed by atoms with E-state index in [-0.39, 0.29) is 17.4 Å². The van der Waals surface area contributed by atoms with Gasteiger partial charge >= 0.3 is 5.97 Å². The summed E-state index contributed by atoms with van der Waals surface area (Å²) in [4.78, 5) is 24.7. The molecule has 6 nitrogen and oxygen atoms in total. The smallest absolute Gasteiger partial charge is 0.342 e. The molecule has 1 fully saturated rings. The number of para-hydroxylation sites is 1. The first-order valence-corrected chi connectivity index (χ1v) is 9.24. The van der Waals surface area contributed by atoms with E-state index < -0.39 is 29.6 Å². The average molecular weight is 405 g/mol. The van der Waals surface area contributed by atoms with E-state index >= 15 is 0 Å². The number of anilines is 1. The molecule has 1 aliphatic rings. The zero-order valence-electron chi connectivity index (χ0n) is 15.8. The Labute approximate surface area is 166 Å². The number of benzene rings is 2. The number of ether oxygens (including phenoxy) is 3. The van der Waals surface area contributed by atoms with Crippen LogP contribution in [0.1, 0.15) is 30.1 Å². The first kappa shape index (κ1) is 20.7. The molecule has 2 aromatic carbocycles. The minimum absolute atomic E-state index is 0.0232. The number of nitrogens with one attached hydrogen (secondary N) is 1. The summed E-state index contributed by atoms with van der Waals surface area (Å²) in [6.07, 6.45) is 0.595. The predicted molar refractivity (Wildman–Crippen MR) is 101 cm³/mol. The van der Waals surface area contributed by atoms with Crippen LogP contribution in [0, 0.1) is 11.6 Å². The summed E-state index contributed by atoms with van der Waals surface area (Å²) in [5, 5.41) is 2.21. The highest BCUT2D eigenvalue weighted by atomic mass is 19.1.